The van der Waals surface area contributed by atoms with Gasteiger partial charge in [0.2, 0.25) is 0 Å². The van der Waals surface area contributed by atoms with Crippen LogP contribution in [0.2, 0.25) is 0 Å². The molecule has 1 aromatic heterocycles. The lowest BCUT2D eigenvalue weighted by atomic mass is 10.1. The molecule has 3 rings (SSSR count). The van der Waals surface area contributed by atoms with Gasteiger partial charge < -0.3 is 10.5 Å². The largest absolute Gasteiger partial charge is 0.480 e. The minimum Gasteiger partial charge on any atom is -0.480 e. The Morgan fingerprint density at radius 2 is 2.00 bits per heavy atom. The highest BCUT2D eigenvalue weighted by Gasteiger charge is 2.14. The van der Waals surface area contributed by atoms with Gasteiger partial charge in [0.15, 0.2) is 5.75 Å². The van der Waals surface area contributed by atoms with Gasteiger partial charge >= 0.3 is 5.69 Å². The molecule has 0 bridgehead atoms. The van der Waals surface area contributed by atoms with E-state index in [1.54, 1.807) is 29.1 Å². The zero-order valence-electron chi connectivity index (χ0n) is 16.9. The molecule has 0 amide bonds. The summed E-state index contributed by atoms with van der Waals surface area (Å²) in [7, 11) is 0. The Morgan fingerprint density at radius 3 is 2.70 bits per heavy atom. The van der Waals surface area contributed by atoms with Gasteiger partial charge in [0.05, 0.1) is 17.7 Å². The lowest BCUT2D eigenvalue weighted by Gasteiger charge is -2.07. The molecule has 0 aliphatic carbocycles. The highest BCUT2D eigenvalue weighted by atomic mass is 16.6. The van der Waals surface area contributed by atoms with Crippen LogP contribution in [-0.4, -0.2) is 31.8 Å². The van der Waals surface area contributed by atoms with Crippen LogP contribution < -0.4 is 10.5 Å². The van der Waals surface area contributed by atoms with Gasteiger partial charge in [-0.25, -0.2) is 4.68 Å². The average Bonchev–Trinajstić information content (AvgIpc) is 3.20. The van der Waals surface area contributed by atoms with E-state index in [2.05, 4.69) is 22.2 Å². The van der Waals surface area contributed by atoms with Gasteiger partial charge in [-0.2, -0.15) is 0 Å². The van der Waals surface area contributed by atoms with Crippen LogP contribution in [0.5, 0.6) is 5.75 Å². The van der Waals surface area contributed by atoms with Crippen molar-refractivity contribution in [3.63, 3.8) is 0 Å². The summed E-state index contributed by atoms with van der Waals surface area (Å²) in [6.45, 7) is 4.72. The summed E-state index contributed by atoms with van der Waals surface area (Å²) in [4.78, 5) is 15.0. The number of nitrogens with zero attached hydrogens (tertiary/aromatic N) is 5. The Hall–Kier alpha value is -3.75. The Bertz CT molecular complexity index is 1030. The molecule has 2 aromatic carbocycles. The van der Waals surface area contributed by atoms with E-state index in [0.717, 1.165) is 17.5 Å². The Labute approximate surface area is 174 Å². The van der Waals surface area contributed by atoms with Crippen molar-refractivity contribution in [1.82, 2.24) is 15.0 Å². The number of aromatic nitrogens is 3. The summed E-state index contributed by atoms with van der Waals surface area (Å²) in [5.41, 5.74) is 8.47. The lowest BCUT2D eigenvalue weighted by Crippen LogP contribution is -2.16. The molecule has 3 aromatic rings. The fourth-order valence-corrected chi connectivity index (χ4v) is 2.73. The molecule has 2 N–H and O–H groups in total. The maximum absolute atomic E-state index is 11.1. The average molecular weight is 408 g/mol. The molecule has 0 radical (unpaired) electrons. The standard InChI is InChI=1S/C21H24N6O3/c1-3-15(2)23-21(22)17-10-8-16(9-11-17)12-26-13-18(24-25-26)14-30-20-7-5-4-6-19(20)27(28)29/h4-11,13,15H,3,12,14H2,1-2H3,(H2,22,23). The Kier molecular flexibility index (Phi) is 6.74. The summed E-state index contributed by atoms with van der Waals surface area (Å²) in [6, 6.07) is 14.2. The molecule has 156 valence electrons. The number of nitro benzene ring substituents is 1. The van der Waals surface area contributed by atoms with E-state index in [0.29, 0.717) is 18.1 Å². The summed E-state index contributed by atoms with van der Waals surface area (Å²) < 4.78 is 7.23. The van der Waals surface area contributed by atoms with Crippen LogP contribution in [-0.2, 0) is 13.2 Å². The van der Waals surface area contributed by atoms with Crippen molar-refractivity contribution in [2.24, 2.45) is 10.7 Å². The normalized spacial score (nSPS) is 12.5. The number of para-hydroxylation sites is 2. The molecule has 0 spiro atoms. The maximum atomic E-state index is 11.1. The van der Waals surface area contributed by atoms with E-state index in [-0.39, 0.29) is 24.1 Å². The molecular formula is C21H24N6O3. The minimum atomic E-state index is -0.476. The van der Waals surface area contributed by atoms with E-state index in [1.807, 2.05) is 31.2 Å². The highest BCUT2D eigenvalue weighted by molar-refractivity contribution is 5.97. The first-order chi connectivity index (χ1) is 14.5. The van der Waals surface area contributed by atoms with Gasteiger partial charge in [0.25, 0.3) is 0 Å². The fourth-order valence-electron chi connectivity index (χ4n) is 2.73. The van der Waals surface area contributed by atoms with Crippen molar-refractivity contribution in [2.45, 2.75) is 39.5 Å². The molecule has 0 saturated carbocycles. The van der Waals surface area contributed by atoms with Gasteiger partial charge in [-0.3, -0.25) is 15.1 Å². The summed E-state index contributed by atoms with van der Waals surface area (Å²) in [5.74, 6) is 0.732. The van der Waals surface area contributed by atoms with Crippen molar-refractivity contribution in [1.29, 1.82) is 0 Å². The van der Waals surface area contributed by atoms with Crippen LogP contribution in [0, 0.1) is 10.1 Å². The number of hydrogen-bond acceptors (Lipinski definition) is 6. The third-order valence-electron chi connectivity index (χ3n) is 4.57. The summed E-state index contributed by atoms with van der Waals surface area (Å²) in [6.07, 6.45) is 2.69. The van der Waals surface area contributed by atoms with Crippen molar-refractivity contribution < 1.29 is 9.66 Å². The fraction of sp³-hybridized carbons (Fsp3) is 0.286. The van der Waals surface area contributed by atoms with E-state index < -0.39 is 4.92 Å². The first kappa shape index (κ1) is 21.0. The van der Waals surface area contributed by atoms with Crippen molar-refractivity contribution in [2.75, 3.05) is 0 Å². The number of amidine groups is 1. The molecule has 1 unspecified atom stereocenters. The van der Waals surface area contributed by atoms with Crippen LogP contribution in [0.15, 0.2) is 59.7 Å². The van der Waals surface area contributed by atoms with Gasteiger partial charge in [-0.05, 0) is 25.0 Å². The van der Waals surface area contributed by atoms with Gasteiger partial charge in [0, 0.05) is 17.7 Å². The SMILES string of the molecule is CCC(C)N=C(N)c1ccc(Cn2cc(COc3ccccc3[N+](=O)[O-])nn2)cc1. The highest BCUT2D eigenvalue weighted by Crippen LogP contribution is 2.26. The first-order valence-electron chi connectivity index (χ1n) is 9.64. The number of hydrogen-bond donors (Lipinski definition) is 1. The molecule has 1 heterocycles. The van der Waals surface area contributed by atoms with Gasteiger partial charge in [0.1, 0.15) is 18.1 Å². The third-order valence-corrected chi connectivity index (χ3v) is 4.57. The first-order valence-corrected chi connectivity index (χ1v) is 9.64. The molecule has 1 atom stereocenters. The van der Waals surface area contributed by atoms with Crippen LogP contribution in [0.25, 0.3) is 0 Å². The molecule has 0 saturated heterocycles. The van der Waals surface area contributed by atoms with Crippen LogP contribution >= 0.6 is 0 Å². The number of rotatable bonds is 9. The van der Waals surface area contributed by atoms with E-state index in [1.165, 1.54) is 6.07 Å². The summed E-state index contributed by atoms with van der Waals surface area (Å²) >= 11 is 0. The quantitative estimate of drug-likeness (QED) is 0.251. The van der Waals surface area contributed by atoms with E-state index in [4.69, 9.17) is 10.5 Å². The molecule has 9 heteroatoms. The predicted octanol–water partition coefficient (Wildman–Crippen LogP) is 3.32. The van der Waals surface area contributed by atoms with Gasteiger partial charge in [-0.15, -0.1) is 5.10 Å². The topological polar surface area (TPSA) is 121 Å². The van der Waals surface area contributed by atoms with E-state index in [9.17, 15) is 10.1 Å². The zero-order chi connectivity index (χ0) is 21.5. The number of ether oxygens (including phenoxy) is 1. The van der Waals surface area contributed by atoms with Crippen molar-refractivity contribution >= 4 is 11.5 Å². The van der Waals surface area contributed by atoms with Crippen LogP contribution in [0.3, 0.4) is 0 Å². The third kappa shape index (κ3) is 5.40. The Balaban J connectivity index is 1.61. The predicted molar refractivity (Wildman–Crippen MR) is 113 cm³/mol. The van der Waals surface area contributed by atoms with Crippen LogP contribution in [0.4, 0.5) is 5.69 Å². The smallest absolute Gasteiger partial charge is 0.310 e. The number of benzene rings is 2. The second kappa shape index (κ2) is 9.64. The van der Waals surface area contributed by atoms with Crippen molar-refractivity contribution in [3.05, 3.63) is 81.7 Å². The Morgan fingerprint density at radius 1 is 1.27 bits per heavy atom. The molecule has 0 aliphatic heterocycles. The lowest BCUT2D eigenvalue weighted by molar-refractivity contribution is -0.385. The van der Waals surface area contributed by atoms with E-state index >= 15 is 0 Å². The zero-order valence-corrected chi connectivity index (χ0v) is 16.9. The number of nitro groups is 1. The number of nitrogens with two attached hydrogens (primary N) is 1. The molecule has 9 nitrogen and oxygen atoms in total. The molecular weight excluding hydrogens is 384 g/mol. The minimum absolute atomic E-state index is 0.0823. The second-order valence-corrected chi connectivity index (χ2v) is 6.89. The van der Waals surface area contributed by atoms with Gasteiger partial charge in [-0.1, -0.05) is 48.5 Å². The molecule has 30 heavy (non-hydrogen) atoms. The monoisotopic (exact) mass is 408 g/mol. The number of aliphatic imine (C=N–C) groups is 1. The maximum Gasteiger partial charge on any atom is 0.310 e. The van der Waals surface area contributed by atoms with Crippen molar-refractivity contribution in [3.8, 4) is 5.75 Å². The van der Waals surface area contributed by atoms with Crippen LogP contribution in [0.1, 0.15) is 37.1 Å². The summed E-state index contributed by atoms with van der Waals surface area (Å²) in [5, 5.41) is 19.2. The molecule has 0 fully saturated rings. The second-order valence-electron chi connectivity index (χ2n) is 6.89. The molecule has 0 aliphatic rings.